The average Bonchev–Trinajstić information content (AvgIpc) is 2.95. The van der Waals surface area contributed by atoms with E-state index in [4.69, 9.17) is 0 Å². The highest BCUT2D eigenvalue weighted by Gasteiger charge is 2.45. The van der Waals surface area contributed by atoms with Crippen LogP contribution >= 0.6 is 0 Å². The van der Waals surface area contributed by atoms with Crippen LogP contribution in [0.5, 0.6) is 0 Å². The predicted octanol–water partition coefficient (Wildman–Crippen LogP) is 5.29. The summed E-state index contributed by atoms with van der Waals surface area (Å²) in [5.74, 6) is -1.44. The second-order valence-corrected chi connectivity index (χ2v) is 11.7. The van der Waals surface area contributed by atoms with E-state index in [0.717, 1.165) is 21.3 Å². The first-order chi connectivity index (χ1) is 19.4. The minimum atomic E-state index is -0.599. The summed E-state index contributed by atoms with van der Waals surface area (Å²) in [5, 5.41) is 24.4. The van der Waals surface area contributed by atoms with Crippen LogP contribution in [0.1, 0.15) is 100 Å². The van der Waals surface area contributed by atoms with Crippen LogP contribution in [0.4, 0.5) is 0 Å². The van der Waals surface area contributed by atoms with Gasteiger partial charge in [-0.25, -0.2) is 10.1 Å². The Kier molecular flexibility index (Phi) is 6.02. The summed E-state index contributed by atoms with van der Waals surface area (Å²) in [6, 6.07) is 7.60. The number of hydrogen-bond donors (Lipinski definition) is 2. The maximum Gasteiger partial charge on any atom is 0.161 e. The van der Waals surface area contributed by atoms with Crippen molar-refractivity contribution in [2.24, 2.45) is 0 Å². The molecule has 0 saturated carbocycles. The molecule has 2 N–H and O–H groups in total. The molecule has 0 aromatic heterocycles. The van der Waals surface area contributed by atoms with E-state index >= 15 is 0 Å². The molecule has 4 aliphatic carbocycles. The number of allylic oxidation sites excluding steroid dienone is 8. The van der Waals surface area contributed by atoms with Crippen LogP contribution in [0, 0.1) is 0 Å². The van der Waals surface area contributed by atoms with Gasteiger partial charge in [0.25, 0.3) is 0 Å². The fourth-order valence-electron chi connectivity index (χ4n) is 7.78. The third-order valence-electron chi connectivity index (χ3n) is 9.47. The minimum absolute atomic E-state index is 0.0610. The van der Waals surface area contributed by atoms with E-state index in [1.165, 1.54) is 0 Å². The van der Waals surface area contributed by atoms with Crippen molar-refractivity contribution in [1.29, 1.82) is 0 Å². The van der Waals surface area contributed by atoms with Gasteiger partial charge in [0.05, 0.1) is 22.8 Å². The van der Waals surface area contributed by atoms with Gasteiger partial charge in [-0.2, -0.15) is 0 Å². The molecule has 8 nitrogen and oxygen atoms in total. The Bertz CT molecular complexity index is 1330. The van der Waals surface area contributed by atoms with Crippen molar-refractivity contribution in [3.05, 3.63) is 80.5 Å². The smallest absolute Gasteiger partial charge is 0.161 e. The summed E-state index contributed by atoms with van der Waals surface area (Å²) >= 11 is 0. The van der Waals surface area contributed by atoms with Gasteiger partial charge in [-0.05, 0) is 62.5 Å². The largest absolute Gasteiger partial charge is 0.294 e. The van der Waals surface area contributed by atoms with Gasteiger partial charge in [-0.15, -0.1) is 0 Å². The number of hydroxylamine groups is 4. The van der Waals surface area contributed by atoms with Crippen LogP contribution in [0.3, 0.4) is 0 Å². The molecular weight excluding hydrogens is 508 g/mol. The number of carbonyl (C=O) groups is 4. The maximum atomic E-state index is 13.4. The third kappa shape index (κ3) is 3.65. The Morgan fingerprint density at radius 1 is 0.500 bits per heavy atom. The monoisotopic (exact) mass is 540 g/mol. The van der Waals surface area contributed by atoms with Crippen LogP contribution in [-0.2, 0) is 19.2 Å². The van der Waals surface area contributed by atoms with Gasteiger partial charge in [-0.1, -0.05) is 24.3 Å². The maximum absolute atomic E-state index is 13.4. The van der Waals surface area contributed by atoms with Crippen LogP contribution in [0.25, 0.3) is 0 Å². The Balaban J connectivity index is 1.43. The number of Topliss-reactive ketones (excluding diaryl/α,β-unsaturated/α-hetero) is 4. The lowest BCUT2D eigenvalue weighted by atomic mass is 9.69. The van der Waals surface area contributed by atoms with Crippen LogP contribution in [-0.4, -0.2) is 43.7 Å². The summed E-state index contributed by atoms with van der Waals surface area (Å²) in [7, 11) is 0. The molecule has 1 aromatic carbocycles. The fourth-order valence-corrected chi connectivity index (χ4v) is 7.78. The molecule has 2 heterocycles. The molecule has 0 amide bonds. The first kappa shape index (κ1) is 25.4. The lowest BCUT2D eigenvalue weighted by Crippen LogP contribution is -2.38. The van der Waals surface area contributed by atoms with Crippen molar-refractivity contribution in [2.45, 2.75) is 88.9 Å². The van der Waals surface area contributed by atoms with Crippen molar-refractivity contribution in [1.82, 2.24) is 10.1 Å². The van der Waals surface area contributed by atoms with Gasteiger partial charge in [-0.3, -0.25) is 29.6 Å². The number of benzene rings is 1. The zero-order chi connectivity index (χ0) is 27.7. The molecule has 0 saturated heterocycles. The molecular formula is C32H32N2O6. The van der Waals surface area contributed by atoms with E-state index in [0.29, 0.717) is 122 Å². The van der Waals surface area contributed by atoms with Gasteiger partial charge in [0.1, 0.15) is 0 Å². The summed E-state index contributed by atoms with van der Waals surface area (Å²) < 4.78 is 0. The molecule has 7 rings (SSSR count). The molecule has 206 valence electrons. The summed E-state index contributed by atoms with van der Waals surface area (Å²) in [5.41, 5.74) is 5.72. The number of ketones is 4. The van der Waals surface area contributed by atoms with Gasteiger partial charge < -0.3 is 0 Å². The van der Waals surface area contributed by atoms with E-state index in [1.54, 1.807) is 0 Å². The van der Waals surface area contributed by atoms with E-state index in [9.17, 15) is 29.6 Å². The molecule has 1 aromatic rings. The molecule has 0 atom stereocenters. The van der Waals surface area contributed by atoms with Gasteiger partial charge in [0.15, 0.2) is 23.1 Å². The van der Waals surface area contributed by atoms with Gasteiger partial charge >= 0.3 is 0 Å². The molecule has 0 unspecified atom stereocenters. The average molecular weight is 541 g/mol. The highest BCUT2D eigenvalue weighted by Crippen LogP contribution is 2.51. The first-order valence-corrected chi connectivity index (χ1v) is 14.5. The van der Waals surface area contributed by atoms with Gasteiger partial charge in [0, 0.05) is 59.8 Å². The Morgan fingerprint density at radius 2 is 0.800 bits per heavy atom. The van der Waals surface area contributed by atoms with E-state index in [2.05, 4.69) is 0 Å². The SMILES string of the molecule is O=C1CCCC2=C1C(c1cccc(C3C4=C(CCCC4=O)N(O)C4=C3C(=O)CCC4)c1)C1=C(CCCC1=O)N2O. The molecule has 6 aliphatic rings. The zero-order valence-electron chi connectivity index (χ0n) is 22.4. The summed E-state index contributed by atoms with van der Waals surface area (Å²) in [4.78, 5) is 53.4. The van der Waals surface area contributed by atoms with Crippen molar-refractivity contribution < 1.29 is 29.6 Å². The topological polar surface area (TPSA) is 115 Å². The van der Waals surface area contributed by atoms with Crippen molar-refractivity contribution in [3.63, 3.8) is 0 Å². The number of hydrogen-bond acceptors (Lipinski definition) is 8. The molecule has 0 spiro atoms. The summed E-state index contributed by atoms with van der Waals surface area (Å²) in [6.45, 7) is 0. The van der Waals surface area contributed by atoms with Crippen LogP contribution < -0.4 is 0 Å². The summed E-state index contributed by atoms with van der Waals surface area (Å²) in [6.07, 6.45) is 6.29. The Labute approximate surface area is 232 Å². The molecule has 40 heavy (non-hydrogen) atoms. The molecule has 0 bridgehead atoms. The van der Waals surface area contributed by atoms with Crippen molar-refractivity contribution >= 4 is 23.1 Å². The molecule has 0 fully saturated rings. The molecule has 0 radical (unpaired) electrons. The first-order valence-electron chi connectivity index (χ1n) is 14.5. The number of rotatable bonds is 2. The second kappa shape index (κ2) is 9.49. The van der Waals surface area contributed by atoms with Gasteiger partial charge in [0.2, 0.25) is 0 Å². The lowest BCUT2D eigenvalue weighted by molar-refractivity contribution is -0.120. The second-order valence-electron chi connectivity index (χ2n) is 11.7. The van der Waals surface area contributed by atoms with E-state index in [1.807, 2.05) is 24.3 Å². The van der Waals surface area contributed by atoms with Crippen molar-refractivity contribution in [2.75, 3.05) is 0 Å². The molecule has 2 aliphatic heterocycles. The van der Waals surface area contributed by atoms with E-state index < -0.39 is 11.8 Å². The highest BCUT2D eigenvalue weighted by molar-refractivity contribution is 6.07. The normalized spacial score (nSPS) is 24.6. The lowest BCUT2D eigenvalue weighted by Gasteiger charge is -2.41. The fraction of sp³-hybridized carbons (Fsp3) is 0.438. The highest BCUT2D eigenvalue weighted by atomic mass is 16.5. The minimum Gasteiger partial charge on any atom is -0.294 e. The third-order valence-corrected chi connectivity index (χ3v) is 9.47. The quantitative estimate of drug-likeness (QED) is 0.520. The predicted molar refractivity (Wildman–Crippen MR) is 143 cm³/mol. The zero-order valence-corrected chi connectivity index (χ0v) is 22.4. The standard InChI is InChI=1S/C32H32N2O6/c35-23-12-2-8-19-29(23)27(30-20(33(19)39)9-3-13-24(30)36)17-6-1-7-18(16-17)28-31-21(10-4-14-25(31)37)34(40)22-11-5-15-26(38)32(22)28/h1,6-7,16,27-28,39-40H,2-5,8-15H2. The van der Waals surface area contributed by atoms with Crippen LogP contribution in [0.2, 0.25) is 0 Å². The number of carbonyl (C=O) groups excluding carboxylic acids is 4. The van der Waals surface area contributed by atoms with E-state index in [-0.39, 0.29) is 23.1 Å². The van der Waals surface area contributed by atoms with Crippen molar-refractivity contribution in [3.8, 4) is 0 Å². The number of nitrogens with zero attached hydrogens (tertiary/aromatic N) is 2. The molecule has 8 heteroatoms. The Morgan fingerprint density at radius 3 is 1.10 bits per heavy atom. The Hall–Kier alpha value is -3.62. The van der Waals surface area contributed by atoms with Crippen LogP contribution in [0.15, 0.2) is 69.3 Å².